The van der Waals surface area contributed by atoms with Crippen molar-refractivity contribution in [3.8, 4) is 0 Å². The van der Waals surface area contributed by atoms with Crippen molar-refractivity contribution in [2.75, 3.05) is 13.2 Å². The third-order valence-electron chi connectivity index (χ3n) is 11.6. The van der Waals surface area contributed by atoms with Crippen molar-refractivity contribution in [3.05, 3.63) is 109 Å². The monoisotopic (exact) mass is 943 g/mol. The molecule has 0 aromatic rings. The molecular formula is C62H102O6. The fraction of sp³-hybridized carbons (Fsp3) is 0.661. The van der Waals surface area contributed by atoms with Crippen molar-refractivity contribution in [1.29, 1.82) is 0 Å². The molecule has 0 radical (unpaired) electrons. The largest absolute Gasteiger partial charge is 0.462 e. The van der Waals surface area contributed by atoms with E-state index in [0.29, 0.717) is 19.3 Å². The van der Waals surface area contributed by atoms with Crippen molar-refractivity contribution in [3.63, 3.8) is 0 Å². The Bertz CT molecular complexity index is 1410. The van der Waals surface area contributed by atoms with Crippen molar-refractivity contribution in [2.45, 2.75) is 252 Å². The van der Waals surface area contributed by atoms with Crippen LogP contribution in [0.3, 0.4) is 0 Å². The van der Waals surface area contributed by atoms with Gasteiger partial charge in [-0.1, -0.05) is 226 Å². The fourth-order valence-electron chi connectivity index (χ4n) is 7.41. The van der Waals surface area contributed by atoms with E-state index in [1.807, 2.05) is 0 Å². The lowest BCUT2D eigenvalue weighted by atomic mass is 10.1. The van der Waals surface area contributed by atoms with Crippen molar-refractivity contribution in [1.82, 2.24) is 0 Å². The normalized spacial score (nSPS) is 12.9. The van der Waals surface area contributed by atoms with E-state index in [1.165, 1.54) is 57.8 Å². The molecule has 68 heavy (non-hydrogen) atoms. The first kappa shape index (κ1) is 64.1. The number of ether oxygens (including phenoxy) is 3. The summed E-state index contributed by atoms with van der Waals surface area (Å²) in [7, 11) is 0. The van der Waals surface area contributed by atoms with E-state index in [9.17, 15) is 14.4 Å². The van der Waals surface area contributed by atoms with Gasteiger partial charge in [-0.05, 0) is 109 Å². The summed E-state index contributed by atoms with van der Waals surface area (Å²) in [4.78, 5) is 38.1. The number of unbranched alkanes of at least 4 members (excludes halogenated alkanes) is 22. The number of carbonyl (C=O) groups is 3. The predicted molar refractivity (Wildman–Crippen MR) is 293 cm³/mol. The standard InChI is InChI=1S/C62H102O6/c1-4-7-10-13-16-19-22-25-28-31-32-35-37-40-43-46-49-52-55-61(64)67-58-59(68-62(65)56-53-50-47-44-41-38-34-30-27-24-21-18-15-12-9-6-3)57-66-60(63)54-51-48-45-42-39-36-33-29-26-23-20-17-14-11-8-5-2/h8-9,11-12,17-18,20-22,25-32,35,59H,4-7,10,13-16,19,23-24,33-34,36-58H2,1-3H3/b11-8-,12-9-,20-17-,21-18-,25-22-,29-26-,30-27-,31-28-,35-32-. The van der Waals surface area contributed by atoms with Gasteiger partial charge in [0.2, 0.25) is 0 Å². The average molecular weight is 943 g/mol. The summed E-state index contributed by atoms with van der Waals surface area (Å²) in [5.41, 5.74) is 0. The van der Waals surface area contributed by atoms with Gasteiger partial charge in [0.15, 0.2) is 6.10 Å². The maximum atomic E-state index is 12.8. The number of hydrogen-bond donors (Lipinski definition) is 0. The van der Waals surface area contributed by atoms with Crippen LogP contribution in [0, 0.1) is 0 Å². The maximum absolute atomic E-state index is 12.8. The highest BCUT2D eigenvalue weighted by atomic mass is 16.6. The number of rotatable bonds is 49. The van der Waals surface area contributed by atoms with Gasteiger partial charge in [-0.3, -0.25) is 14.4 Å². The molecule has 6 nitrogen and oxygen atoms in total. The zero-order valence-electron chi connectivity index (χ0n) is 44.1. The van der Waals surface area contributed by atoms with Crippen molar-refractivity contribution >= 4 is 17.9 Å². The molecule has 0 spiro atoms. The van der Waals surface area contributed by atoms with Crippen LogP contribution in [0.5, 0.6) is 0 Å². The Balaban J connectivity index is 4.48. The zero-order valence-corrected chi connectivity index (χ0v) is 44.1. The van der Waals surface area contributed by atoms with E-state index in [4.69, 9.17) is 14.2 Å². The lowest BCUT2D eigenvalue weighted by molar-refractivity contribution is -0.167. The molecule has 0 N–H and O–H groups in total. The molecule has 0 aliphatic carbocycles. The highest BCUT2D eigenvalue weighted by molar-refractivity contribution is 5.71. The van der Waals surface area contributed by atoms with Gasteiger partial charge in [0.25, 0.3) is 0 Å². The first-order valence-electron chi connectivity index (χ1n) is 27.9. The molecule has 0 fully saturated rings. The third-order valence-corrected chi connectivity index (χ3v) is 11.6. The molecule has 1 unspecified atom stereocenters. The minimum Gasteiger partial charge on any atom is -0.462 e. The molecule has 0 saturated heterocycles. The molecule has 0 bridgehead atoms. The highest BCUT2D eigenvalue weighted by Gasteiger charge is 2.19. The van der Waals surface area contributed by atoms with Gasteiger partial charge in [-0.15, -0.1) is 0 Å². The summed E-state index contributed by atoms with van der Waals surface area (Å²) in [5, 5.41) is 0. The molecule has 386 valence electrons. The van der Waals surface area contributed by atoms with E-state index in [2.05, 4.69) is 130 Å². The minimum absolute atomic E-state index is 0.0990. The Morgan fingerprint density at radius 2 is 0.632 bits per heavy atom. The predicted octanol–water partition coefficient (Wildman–Crippen LogP) is 18.7. The highest BCUT2D eigenvalue weighted by Crippen LogP contribution is 2.14. The van der Waals surface area contributed by atoms with E-state index < -0.39 is 6.10 Å². The average Bonchev–Trinajstić information content (AvgIpc) is 3.34. The van der Waals surface area contributed by atoms with Gasteiger partial charge < -0.3 is 14.2 Å². The SMILES string of the molecule is CC/C=C\C/C=C\C/C=C\CCCCCCCCC(=O)OCC(COC(=O)CCCCCCC\C=C/C=C\C=C/CCCCCCC)OC(=O)CCCCCCCC/C=C\C/C=C\C/C=C\CC. The fourth-order valence-corrected chi connectivity index (χ4v) is 7.41. The quantitative estimate of drug-likeness (QED) is 0.0199. The van der Waals surface area contributed by atoms with E-state index in [0.717, 1.165) is 148 Å². The zero-order chi connectivity index (χ0) is 49.3. The summed E-state index contributed by atoms with van der Waals surface area (Å²) >= 11 is 0. The third kappa shape index (κ3) is 53.0. The Kier molecular flexibility index (Phi) is 52.4. The van der Waals surface area contributed by atoms with Crippen LogP contribution in [0.4, 0.5) is 0 Å². The van der Waals surface area contributed by atoms with Gasteiger partial charge in [0.1, 0.15) is 13.2 Å². The topological polar surface area (TPSA) is 78.9 Å². The minimum atomic E-state index is -0.802. The second-order valence-electron chi connectivity index (χ2n) is 18.1. The molecule has 0 rings (SSSR count). The molecule has 6 heteroatoms. The van der Waals surface area contributed by atoms with E-state index in [-0.39, 0.29) is 31.1 Å². The summed E-state index contributed by atoms with van der Waals surface area (Å²) < 4.78 is 16.8. The van der Waals surface area contributed by atoms with E-state index in [1.54, 1.807) is 0 Å². The van der Waals surface area contributed by atoms with Gasteiger partial charge in [-0.25, -0.2) is 0 Å². The molecule has 0 aromatic carbocycles. The molecule has 0 aromatic heterocycles. The van der Waals surface area contributed by atoms with Crippen LogP contribution < -0.4 is 0 Å². The van der Waals surface area contributed by atoms with Crippen LogP contribution in [0.2, 0.25) is 0 Å². The molecule has 0 saturated carbocycles. The Labute approximate surface area is 419 Å². The first-order chi connectivity index (χ1) is 33.5. The smallest absolute Gasteiger partial charge is 0.306 e. The second kappa shape index (κ2) is 55.7. The molecule has 0 amide bonds. The summed E-state index contributed by atoms with van der Waals surface area (Å²) in [6.45, 7) is 6.36. The van der Waals surface area contributed by atoms with Crippen LogP contribution in [0.25, 0.3) is 0 Å². The van der Waals surface area contributed by atoms with Crippen molar-refractivity contribution in [2.24, 2.45) is 0 Å². The Morgan fingerprint density at radius 3 is 1.01 bits per heavy atom. The van der Waals surface area contributed by atoms with E-state index >= 15 is 0 Å². The maximum Gasteiger partial charge on any atom is 0.306 e. The van der Waals surface area contributed by atoms with Crippen LogP contribution in [-0.2, 0) is 28.6 Å². The van der Waals surface area contributed by atoms with Crippen molar-refractivity contribution < 1.29 is 28.6 Å². The number of allylic oxidation sites excluding steroid dienone is 18. The number of hydrogen-bond acceptors (Lipinski definition) is 6. The van der Waals surface area contributed by atoms with Gasteiger partial charge in [0.05, 0.1) is 0 Å². The van der Waals surface area contributed by atoms with Crippen LogP contribution >= 0.6 is 0 Å². The lowest BCUT2D eigenvalue weighted by Gasteiger charge is -2.18. The summed E-state index contributed by atoms with van der Waals surface area (Å²) in [6, 6.07) is 0. The molecule has 1 atom stereocenters. The van der Waals surface area contributed by atoms with Gasteiger partial charge >= 0.3 is 17.9 Å². The van der Waals surface area contributed by atoms with Gasteiger partial charge in [-0.2, -0.15) is 0 Å². The second-order valence-corrected chi connectivity index (χ2v) is 18.1. The Hall–Kier alpha value is -3.93. The lowest BCUT2D eigenvalue weighted by Crippen LogP contribution is -2.30. The summed E-state index contributed by atoms with van der Waals surface area (Å²) in [5.74, 6) is -0.944. The molecule has 0 aliphatic heterocycles. The first-order valence-corrected chi connectivity index (χ1v) is 27.9. The van der Waals surface area contributed by atoms with Crippen LogP contribution in [0.1, 0.15) is 245 Å². The van der Waals surface area contributed by atoms with Gasteiger partial charge in [0, 0.05) is 19.3 Å². The molecule has 0 aliphatic rings. The number of esters is 3. The van der Waals surface area contributed by atoms with Crippen LogP contribution in [0.15, 0.2) is 109 Å². The molecular weight excluding hydrogens is 841 g/mol. The van der Waals surface area contributed by atoms with Crippen LogP contribution in [-0.4, -0.2) is 37.2 Å². The Morgan fingerprint density at radius 1 is 0.324 bits per heavy atom. The summed E-state index contributed by atoms with van der Waals surface area (Å²) in [6.07, 6.45) is 75.0. The molecule has 0 heterocycles. The number of carbonyl (C=O) groups excluding carboxylic acids is 3.